The van der Waals surface area contributed by atoms with Gasteiger partial charge in [-0.1, -0.05) is 20.8 Å². The van der Waals surface area contributed by atoms with E-state index in [9.17, 15) is 0 Å². The molecule has 0 spiro atoms. The van der Waals surface area contributed by atoms with E-state index in [2.05, 4.69) is 43.1 Å². The van der Waals surface area contributed by atoms with E-state index in [4.69, 9.17) is 0 Å². The molecule has 76 valence electrons. The Hall–Kier alpha value is -0.570. The second kappa shape index (κ2) is 4.61. The minimum Gasteiger partial charge on any atom is -0.305 e. The number of likely N-dealkylation sites (N-methyl/N-ethyl adjacent to an activating group) is 1. The van der Waals surface area contributed by atoms with E-state index in [1.54, 1.807) is 0 Å². The molecule has 0 aromatic carbocycles. The summed E-state index contributed by atoms with van der Waals surface area (Å²) in [6.07, 6.45) is 0. The molecule has 1 N–H and O–H groups in total. The topological polar surface area (TPSA) is 27.6 Å². The minimum atomic E-state index is 0.514. The zero-order chi connectivity index (χ0) is 9.84. The third-order valence-electron chi connectivity index (χ3n) is 3.02. The number of rotatable bonds is 4. The molecule has 0 fully saturated rings. The molecule has 13 heavy (non-hydrogen) atoms. The Morgan fingerprint density at radius 2 is 2.00 bits per heavy atom. The van der Waals surface area contributed by atoms with E-state index < -0.39 is 0 Å². The van der Waals surface area contributed by atoms with Crippen molar-refractivity contribution in [3.8, 4) is 0 Å². The summed E-state index contributed by atoms with van der Waals surface area (Å²) in [5, 5.41) is 4.26. The van der Waals surface area contributed by atoms with Gasteiger partial charge < -0.3 is 10.3 Å². The number of hydrogen-bond donors (Lipinski definition) is 1. The van der Waals surface area contributed by atoms with Crippen molar-refractivity contribution >= 4 is 5.71 Å². The van der Waals surface area contributed by atoms with Crippen molar-refractivity contribution in [2.75, 3.05) is 19.6 Å². The SMILES string of the molecule is CCN(CC)C[C@H]1NN=C(C)[C@@H]1C. The summed E-state index contributed by atoms with van der Waals surface area (Å²) in [5.41, 5.74) is 4.44. The Morgan fingerprint density at radius 1 is 1.38 bits per heavy atom. The summed E-state index contributed by atoms with van der Waals surface area (Å²) in [6, 6.07) is 0.514. The Bertz CT molecular complexity index is 185. The molecule has 1 rings (SSSR count). The number of nitrogens with one attached hydrogen (secondary N) is 1. The molecule has 1 aliphatic rings. The monoisotopic (exact) mass is 183 g/mol. The molecule has 0 unspecified atom stereocenters. The molecule has 1 heterocycles. The molecule has 0 amide bonds. The van der Waals surface area contributed by atoms with E-state index in [1.165, 1.54) is 5.71 Å². The fraction of sp³-hybridized carbons (Fsp3) is 0.900. The van der Waals surface area contributed by atoms with Crippen LogP contribution < -0.4 is 5.43 Å². The lowest BCUT2D eigenvalue weighted by Gasteiger charge is -2.24. The Balaban J connectivity index is 2.39. The highest BCUT2D eigenvalue weighted by Crippen LogP contribution is 2.13. The highest BCUT2D eigenvalue weighted by Gasteiger charge is 2.25. The van der Waals surface area contributed by atoms with Crippen LogP contribution in [0.4, 0.5) is 0 Å². The van der Waals surface area contributed by atoms with Gasteiger partial charge in [0.2, 0.25) is 0 Å². The molecule has 2 atom stereocenters. The molecule has 1 aliphatic heterocycles. The predicted molar refractivity (Wildman–Crippen MR) is 57.0 cm³/mol. The lowest BCUT2D eigenvalue weighted by atomic mass is 9.99. The number of hydrogen-bond acceptors (Lipinski definition) is 3. The van der Waals surface area contributed by atoms with Gasteiger partial charge in [-0.25, -0.2) is 0 Å². The van der Waals surface area contributed by atoms with Gasteiger partial charge in [0.1, 0.15) is 0 Å². The molecule has 3 nitrogen and oxygen atoms in total. The van der Waals surface area contributed by atoms with Crippen LogP contribution in [-0.4, -0.2) is 36.3 Å². The van der Waals surface area contributed by atoms with Crippen molar-refractivity contribution in [1.29, 1.82) is 0 Å². The summed E-state index contributed by atoms with van der Waals surface area (Å²) < 4.78 is 0. The standard InChI is InChI=1S/C10H21N3/c1-5-13(6-2)7-10-8(3)9(4)11-12-10/h8,10,12H,5-7H2,1-4H3/t8-,10+/m0/s1. The lowest BCUT2D eigenvalue weighted by molar-refractivity contribution is 0.257. The largest absolute Gasteiger partial charge is 0.305 e. The van der Waals surface area contributed by atoms with Gasteiger partial charge in [-0.3, -0.25) is 0 Å². The van der Waals surface area contributed by atoms with Crippen LogP contribution in [0.25, 0.3) is 0 Å². The van der Waals surface area contributed by atoms with Gasteiger partial charge in [-0.2, -0.15) is 5.10 Å². The number of hydrazone groups is 1. The molecule has 3 heteroatoms. The second-order valence-electron chi connectivity index (χ2n) is 3.76. The number of nitrogens with zero attached hydrogens (tertiary/aromatic N) is 2. The van der Waals surface area contributed by atoms with Crippen molar-refractivity contribution < 1.29 is 0 Å². The van der Waals surface area contributed by atoms with E-state index in [1.807, 2.05) is 0 Å². The van der Waals surface area contributed by atoms with Gasteiger partial charge in [0.15, 0.2) is 0 Å². The van der Waals surface area contributed by atoms with Gasteiger partial charge in [-0.15, -0.1) is 0 Å². The smallest absolute Gasteiger partial charge is 0.0645 e. The van der Waals surface area contributed by atoms with Crippen molar-refractivity contribution in [2.24, 2.45) is 11.0 Å². The molecule has 0 aliphatic carbocycles. The maximum Gasteiger partial charge on any atom is 0.0645 e. The Morgan fingerprint density at radius 3 is 2.38 bits per heavy atom. The van der Waals surface area contributed by atoms with Gasteiger partial charge >= 0.3 is 0 Å². The Labute approximate surface area is 81.2 Å². The van der Waals surface area contributed by atoms with Crippen molar-refractivity contribution in [2.45, 2.75) is 33.7 Å². The van der Waals surface area contributed by atoms with Crippen LogP contribution in [0.1, 0.15) is 27.7 Å². The summed E-state index contributed by atoms with van der Waals surface area (Å²) in [4.78, 5) is 2.43. The molecule has 0 saturated heterocycles. The summed E-state index contributed by atoms with van der Waals surface area (Å²) >= 11 is 0. The summed E-state index contributed by atoms with van der Waals surface area (Å²) in [5.74, 6) is 0.584. The van der Waals surface area contributed by atoms with Gasteiger partial charge in [0, 0.05) is 18.2 Å². The zero-order valence-electron chi connectivity index (χ0n) is 9.17. The van der Waals surface area contributed by atoms with Crippen LogP contribution in [0.3, 0.4) is 0 Å². The van der Waals surface area contributed by atoms with Crippen LogP contribution >= 0.6 is 0 Å². The van der Waals surface area contributed by atoms with Crippen molar-refractivity contribution in [3.63, 3.8) is 0 Å². The van der Waals surface area contributed by atoms with E-state index >= 15 is 0 Å². The van der Waals surface area contributed by atoms with E-state index in [0.29, 0.717) is 12.0 Å². The predicted octanol–water partition coefficient (Wildman–Crippen LogP) is 1.31. The summed E-state index contributed by atoms with van der Waals surface area (Å²) in [6.45, 7) is 12.1. The first-order valence-electron chi connectivity index (χ1n) is 5.21. The van der Waals surface area contributed by atoms with E-state index in [-0.39, 0.29) is 0 Å². The van der Waals surface area contributed by atoms with Crippen LogP contribution in [-0.2, 0) is 0 Å². The zero-order valence-corrected chi connectivity index (χ0v) is 9.17. The average molecular weight is 183 g/mol. The molecule has 0 bridgehead atoms. The highest BCUT2D eigenvalue weighted by atomic mass is 15.4. The van der Waals surface area contributed by atoms with Crippen LogP contribution in [0, 0.1) is 5.92 Å². The maximum atomic E-state index is 4.26. The molecule has 0 aromatic rings. The second-order valence-corrected chi connectivity index (χ2v) is 3.76. The molecule has 0 radical (unpaired) electrons. The normalized spacial score (nSPS) is 27.6. The first-order chi connectivity index (χ1) is 6.19. The fourth-order valence-corrected chi connectivity index (χ4v) is 1.65. The third kappa shape index (κ3) is 2.44. The van der Waals surface area contributed by atoms with Crippen LogP contribution in [0.2, 0.25) is 0 Å². The first-order valence-corrected chi connectivity index (χ1v) is 5.21. The average Bonchev–Trinajstić information content (AvgIpc) is 2.45. The fourth-order valence-electron chi connectivity index (χ4n) is 1.65. The van der Waals surface area contributed by atoms with Crippen LogP contribution in [0.15, 0.2) is 5.10 Å². The molecular formula is C10H21N3. The van der Waals surface area contributed by atoms with Gasteiger partial charge in [0.05, 0.1) is 6.04 Å². The first kappa shape index (κ1) is 10.5. The third-order valence-corrected chi connectivity index (χ3v) is 3.02. The van der Waals surface area contributed by atoms with Crippen LogP contribution in [0.5, 0.6) is 0 Å². The lowest BCUT2D eigenvalue weighted by Crippen LogP contribution is -2.40. The highest BCUT2D eigenvalue weighted by molar-refractivity contribution is 5.85. The quantitative estimate of drug-likeness (QED) is 0.711. The van der Waals surface area contributed by atoms with Gasteiger partial charge in [0.25, 0.3) is 0 Å². The Kier molecular flexibility index (Phi) is 3.72. The van der Waals surface area contributed by atoms with Gasteiger partial charge in [-0.05, 0) is 20.0 Å². The van der Waals surface area contributed by atoms with Crippen molar-refractivity contribution in [1.82, 2.24) is 10.3 Å². The molecular weight excluding hydrogens is 162 g/mol. The molecule has 0 saturated carbocycles. The maximum absolute atomic E-state index is 4.26. The molecule has 0 aromatic heterocycles. The van der Waals surface area contributed by atoms with Crippen molar-refractivity contribution in [3.05, 3.63) is 0 Å². The minimum absolute atomic E-state index is 0.514. The van der Waals surface area contributed by atoms with E-state index in [0.717, 1.165) is 19.6 Å². The summed E-state index contributed by atoms with van der Waals surface area (Å²) in [7, 11) is 0.